The molecule has 1 N–H and O–H groups in total. The third-order valence-electron chi connectivity index (χ3n) is 3.41. The minimum atomic E-state index is -0.0150. The monoisotopic (exact) mass is 251 g/mol. The van der Waals surface area contributed by atoms with E-state index in [0.29, 0.717) is 17.5 Å². The Balaban J connectivity index is 2.13. The first-order valence-electron chi connectivity index (χ1n) is 6.65. The maximum Gasteiger partial charge on any atom is 0.291 e. The highest BCUT2D eigenvalue weighted by atomic mass is 16.3. The summed E-state index contributed by atoms with van der Waals surface area (Å²) in [5.41, 5.74) is 0.676. The number of aromatic nitrogens is 1. The van der Waals surface area contributed by atoms with Crippen LogP contribution in [0, 0.1) is 6.92 Å². The summed E-state index contributed by atoms with van der Waals surface area (Å²) in [5, 5.41) is 3.32. The van der Waals surface area contributed by atoms with E-state index < -0.39 is 0 Å². The van der Waals surface area contributed by atoms with Gasteiger partial charge in [0.1, 0.15) is 0 Å². The molecule has 0 bridgehead atoms. The lowest BCUT2D eigenvalue weighted by Crippen LogP contribution is -2.46. The molecule has 1 aliphatic rings. The van der Waals surface area contributed by atoms with Crippen molar-refractivity contribution in [1.82, 2.24) is 15.2 Å². The molecule has 0 aliphatic carbocycles. The van der Waals surface area contributed by atoms with E-state index in [1.54, 1.807) is 0 Å². The normalized spacial score (nSPS) is 16.8. The predicted molar refractivity (Wildman–Crippen MR) is 68.5 cm³/mol. The molecule has 1 saturated heterocycles. The van der Waals surface area contributed by atoms with Gasteiger partial charge in [-0.15, -0.1) is 0 Å². The Morgan fingerprint density at radius 2 is 2.28 bits per heavy atom. The molecule has 1 aliphatic heterocycles. The molecule has 5 heteroatoms. The van der Waals surface area contributed by atoms with Gasteiger partial charge in [-0.1, -0.05) is 6.92 Å². The fourth-order valence-corrected chi connectivity index (χ4v) is 2.45. The zero-order valence-corrected chi connectivity index (χ0v) is 11.1. The first kappa shape index (κ1) is 13.1. The van der Waals surface area contributed by atoms with E-state index in [-0.39, 0.29) is 5.91 Å². The summed E-state index contributed by atoms with van der Waals surface area (Å²) in [7, 11) is 0. The number of nitrogens with one attached hydrogen (secondary N) is 1. The zero-order chi connectivity index (χ0) is 13.0. The van der Waals surface area contributed by atoms with Gasteiger partial charge in [-0.3, -0.25) is 4.79 Å². The molecular weight excluding hydrogens is 230 g/mol. The average molecular weight is 251 g/mol. The Morgan fingerprint density at radius 1 is 1.56 bits per heavy atom. The molecule has 1 aromatic heterocycles. The van der Waals surface area contributed by atoms with E-state index in [1.165, 1.54) is 6.39 Å². The van der Waals surface area contributed by atoms with Crippen LogP contribution < -0.4 is 5.32 Å². The number of nitrogens with zero attached hydrogens (tertiary/aromatic N) is 2. The van der Waals surface area contributed by atoms with Gasteiger partial charge in [0.25, 0.3) is 5.91 Å². The number of aryl methyl sites for hydroxylation is 1. The smallest absolute Gasteiger partial charge is 0.291 e. The van der Waals surface area contributed by atoms with Crippen molar-refractivity contribution in [3.05, 3.63) is 17.8 Å². The summed E-state index contributed by atoms with van der Waals surface area (Å²) in [5.74, 6) is 0.376. The first-order valence-corrected chi connectivity index (χ1v) is 6.65. The highest BCUT2D eigenvalue weighted by Crippen LogP contribution is 2.17. The Morgan fingerprint density at radius 3 is 2.83 bits per heavy atom. The predicted octanol–water partition coefficient (Wildman–Crippen LogP) is 1.59. The van der Waals surface area contributed by atoms with Crippen LogP contribution in [-0.2, 0) is 0 Å². The maximum atomic E-state index is 12.5. The van der Waals surface area contributed by atoms with Crippen LogP contribution in [0.3, 0.4) is 0 Å². The summed E-state index contributed by atoms with van der Waals surface area (Å²) in [6.07, 6.45) is 4.33. The molecule has 1 fully saturated rings. The SMILES string of the molecule is CCCN(C(=O)c1ocnc1C)C1CCNCC1. The van der Waals surface area contributed by atoms with Crippen molar-refractivity contribution in [3.8, 4) is 0 Å². The number of piperidine rings is 1. The molecule has 2 heterocycles. The van der Waals surface area contributed by atoms with Crippen LogP contribution in [-0.4, -0.2) is 41.5 Å². The van der Waals surface area contributed by atoms with Crippen LogP contribution >= 0.6 is 0 Å². The lowest BCUT2D eigenvalue weighted by atomic mass is 10.0. The second-order valence-corrected chi connectivity index (χ2v) is 4.75. The van der Waals surface area contributed by atoms with Crippen molar-refractivity contribution in [1.29, 1.82) is 0 Å². The van der Waals surface area contributed by atoms with Crippen molar-refractivity contribution in [2.45, 2.75) is 39.2 Å². The van der Waals surface area contributed by atoms with Crippen molar-refractivity contribution >= 4 is 5.91 Å². The van der Waals surface area contributed by atoms with Gasteiger partial charge < -0.3 is 14.6 Å². The standard InChI is InChI=1S/C13H21N3O2/c1-3-8-16(11-4-6-14-7-5-11)13(17)12-10(2)15-9-18-12/h9,11,14H,3-8H2,1-2H3. The van der Waals surface area contributed by atoms with E-state index in [9.17, 15) is 4.79 Å². The largest absolute Gasteiger partial charge is 0.438 e. The van der Waals surface area contributed by atoms with Gasteiger partial charge in [-0.05, 0) is 39.3 Å². The van der Waals surface area contributed by atoms with Gasteiger partial charge in [0.15, 0.2) is 6.39 Å². The van der Waals surface area contributed by atoms with Gasteiger partial charge >= 0.3 is 0 Å². The van der Waals surface area contributed by atoms with Crippen LogP contribution in [0.25, 0.3) is 0 Å². The minimum Gasteiger partial charge on any atom is -0.438 e. The first-order chi connectivity index (χ1) is 8.74. The van der Waals surface area contributed by atoms with Crippen molar-refractivity contribution < 1.29 is 9.21 Å². The molecule has 18 heavy (non-hydrogen) atoms. The van der Waals surface area contributed by atoms with E-state index in [0.717, 1.165) is 38.9 Å². The lowest BCUT2D eigenvalue weighted by Gasteiger charge is -2.34. The molecule has 2 rings (SSSR count). The number of rotatable bonds is 4. The molecule has 0 aromatic carbocycles. The molecule has 0 unspecified atom stereocenters. The minimum absolute atomic E-state index is 0.0150. The molecular formula is C13H21N3O2. The topological polar surface area (TPSA) is 58.4 Å². The number of amides is 1. The lowest BCUT2D eigenvalue weighted by molar-refractivity contribution is 0.0609. The highest BCUT2D eigenvalue weighted by molar-refractivity contribution is 5.92. The number of carbonyl (C=O) groups excluding carboxylic acids is 1. The fourth-order valence-electron chi connectivity index (χ4n) is 2.45. The second kappa shape index (κ2) is 6.00. The number of oxazole rings is 1. The third-order valence-corrected chi connectivity index (χ3v) is 3.41. The van der Waals surface area contributed by atoms with Crippen LogP contribution in [0.2, 0.25) is 0 Å². The van der Waals surface area contributed by atoms with Gasteiger partial charge in [0, 0.05) is 12.6 Å². The van der Waals surface area contributed by atoms with Crippen LogP contribution in [0.4, 0.5) is 0 Å². The Kier molecular flexibility index (Phi) is 4.36. The van der Waals surface area contributed by atoms with Crippen LogP contribution in [0.15, 0.2) is 10.8 Å². The molecule has 0 saturated carbocycles. The quantitative estimate of drug-likeness (QED) is 0.882. The summed E-state index contributed by atoms with van der Waals surface area (Å²) in [6.45, 7) is 6.64. The third kappa shape index (κ3) is 2.72. The summed E-state index contributed by atoms with van der Waals surface area (Å²) < 4.78 is 5.23. The highest BCUT2D eigenvalue weighted by Gasteiger charge is 2.28. The fraction of sp³-hybridized carbons (Fsp3) is 0.692. The van der Waals surface area contributed by atoms with Crippen LogP contribution in [0.5, 0.6) is 0 Å². The maximum absolute atomic E-state index is 12.5. The molecule has 5 nitrogen and oxygen atoms in total. The Labute approximate surface area is 108 Å². The number of hydrogen-bond acceptors (Lipinski definition) is 4. The number of hydrogen-bond donors (Lipinski definition) is 1. The van der Waals surface area contributed by atoms with Crippen molar-refractivity contribution in [2.75, 3.05) is 19.6 Å². The summed E-state index contributed by atoms with van der Waals surface area (Å²) in [6, 6.07) is 0.322. The summed E-state index contributed by atoms with van der Waals surface area (Å²) >= 11 is 0. The van der Waals surface area contributed by atoms with E-state index in [2.05, 4.69) is 17.2 Å². The van der Waals surface area contributed by atoms with Gasteiger partial charge in [0.2, 0.25) is 5.76 Å². The molecule has 1 amide bonds. The zero-order valence-electron chi connectivity index (χ0n) is 11.1. The molecule has 0 spiro atoms. The average Bonchev–Trinajstić information content (AvgIpc) is 2.82. The van der Waals surface area contributed by atoms with Crippen molar-refractivity contribution in [3.63, 3.8) is 0 Å². The Bertz CT molecular complexity index is 397. The van der Waals surface area contributed by atoms with Gasteiger partial charge in [0.05, 0.1) is 5.69 Å². The van der Waals surface area contributed by atoms with E-state index >= 15 is 0 Å². The number of carbonyl (C=O) groups is 1. The van der Waals surface area contributed by atoms with Crippen molar-refractivity contribution in [2.24, 2.45) is 0 Å². The molecule has 100 valence electrons. The van der Waals surface area contributed by atoms with E-state index in [1.807, 2.05) is 11.8 Å². The van der Waals surface area contributed by atoms with E-state index in [4.69, 9.17) is 4.42 Å². The summed E-state index contributed by atoms with van der Waals surface area (Å²) in [4.78, 5) is 18.4. The Hall–Kier alpha value is -1.36. The van der Waals surface area contributed by atoms with Gasteiger partial charge in [-0.25, -0.2) is 4.98 Å². The molecule has 0 radical (unpaired) electrons. The van der Waals surface area contributed by atoms with Crippen LogP contribution in [0.1, 0.15) is 42.4 Å². The molecule has 0 atom stereocenters. The van der Waals surface area contributed by atoms with Gasteiger partial charge in [-0.2, -0.15) is 0 Å². The second-order valence-electron chi connectivity index (χ2n) is 4.75. The molecule has 1 aromatic rings.